The average molecular weight is 392 g/mol. The van der Waals surface area contributed by atoms with E-state index in [1.54, 1.807) is 25.7 Å². The fourth-order valence-corrected chi connectivity index (χ4v) is 3.78. The molecule has 0 spiro atoms. The standard InChI is InChI=1S/C19H31F3N2O3/c1-12-8-9-24(17(26)27-18(2,3)4)11-15(12)23-16(25)13-6-5-7-14(10-13)19(20,21)22/h12-15H,5-11H2,1-4H3,(H,23,25)/t12-,13-,14-,15+/m1/s1. The van der Waals surface area contributed by atoms with E-state index in [0.29, 0.717) is 32.4 Å². The Labute approximate surface area is 159 Å². The Bertz CT molecular complexity index is 545. The van der Waals surface area contributed by atoms with Crippen LogP contribution < -0.4 is 5.32 Å². The summed E-state index contributed by atoms with van der Waals surface area (Å²) in [5, 5.41) is 2.90. The van der Waals surface area contributed by atoms with Gasteiger partial charge in [-0.1, -0.05) is 13.3 Å². The van der Waals surface area contributed by atoms with Crippen LogP contribution in [0.5, 0.6) is 0 Å². The number of hydrogen-bond acceptors (Lipinski definition) is 3. The van der Waals surface area contributed by atoms with Gasteiger partial charge in [-0.25, -0.2) is 4.79 Å². The number of alkyl halides is 3. The molecule has 27 heavy (non-hydrogen) atoms. The molecule has 2 amide bonds. The minimum absolute atomic E-state index is 0.0968. The maximum atomic E-state index is 13.0. The van der Waals surface area contributed by atoms with Gasteiger partial charge >= 0.3 is 12.3 Å². The van der Waals surface area contributed by atoms with Crippen molar-refractivity contribution in [1.82, 2.24) is 10.2 Å². The van der Waals surface area contributed by atoms with Crippen LogP contribution in [0.15, 0.2) is 0 Å². The number of nitrogens with one attached hydrogen (secondary N) is 1. The van der Waals surface area contributed by atoms with Gasteiger partial charge in [0.1, 0.15) is 5.60 Å². The normalized spacial score (nSPS) is 30.0. The molecule has 1 aliphatic carbocycles. The zero-order chi connectivity index (χ0) is 20.4. The molecular formula is C19H31F3N2O3. The van der Waals surface area contributed by atoms with Gasteiger partial charge in [-0.05, 0) is 52.4 Å². The number of carbonyl (C=O) groups is 2. The highest BCUT2D eigenvalue weighted by Crippen LogP contribution is 2.40. The lowest BCUT2D eigenvalue weighted by atomic mass is 9.80. The van der Waals surface area contributed by atoms with Crippen molar-refractivity contribution in [2.75, 3.05) is 13.1 Å². The summed E-state index contributed by atoms with van der Waals surface area (Å²) >= 11 is 0. The molecule has 0 bridgehead atoms. The third-order valence-electron chi connectivity index (χ3n) is 5.45. The fraction of sp³-hybridized carbons (Fsp3) is 0.895. The van der Waals surface area contributed by atoms with Crippen molar-refractivity contribution >= 4 is 12.0 Å². The molecule has 4 atom stereocenters. The molecule has 156 valence electrons. The van der Waals surface area contributed by atoms with Crippen LogP contribution in [0.4, 0.5) is 18.0 Å². The van der Waals surface area contributed by atoms with Crippen LogP contribution in [0.1, 0.15) is 59.8 Å². The van der Waals surface area contributed by atoms with Gasteiger partial charge in [0, 0.05) is 25.0 Å². The van der Waals surface area contributed by atoms with Gasteiger partial charge in [-0.15, -0.1) is 0 Å². The number of rotatable bonds is 2. The third-order valence-corrected chi connectivity index (χ3v) is 5.45. The molecule has 0 unspecified atom stereocenters. The first-order valence-electron chi connectivity index (χ1n) is 9.72. The first-order valence-corrected chi connectivity index (χ1v) is 9.72. The lowest BCUT2D eigenvalue weighted by Crippen LogP contribution is -2.55. The molecule has 5 nitrogen and oxygen atoms in total. The zero-order valence-corrected chi connectivity index (χ0v) is 16.6. The fourth-order valence-electron chi connectivity index (χ4n) is 3.78. The average Bonchev–Trinajstić information content (AvgIpc) is 2.54. The third kappa shape index (κ3) is 6.28. The molecule has 0 radical (unpaired) electrons. The van der Waals surface area contributed by atoms with Crippen molar-refractivity contribution in [3.05, 3.63) is 0 Å². The number of ether oxygens (including phenoxy) is 1. The molecule has 1 aliphatic heterocycles. The van der Waals surface area contributed by atoms with E-state index in [1.165, 1.54) is 0 Å². The van der Waals surface area contributed by atoms with Gasteiger partial charge < -0.3 is 15.0 Å². The topological polar surface area (TPSA) is 58.6 Å². The molecule has 2 rings (SSSR count). The first-order chi connectivity index (χ1) is 12.4. The molecule has 1 saturated carbocycles. The van der Waals surface area contributed by atoms with Crippen molar-refractivity contribution in [1.29, 1.82) is 0 Å². The van der Waals surface area contributed by atoms with E-state index in [1.807, 2.05) is 6.92 Å². The monoisotopic (exact) mass is 392 g/mol. The van der Waals surface area contributed by atoms with Gasteiger partial charge in [-0.3, -0.25) is 4.79 Å². The molecular weight excluding hydrogens is 361 g/mol. The number of likely N-dealkylation sites (tertiary alicyclic amines) is 1. The predicted molar refractivity (Wildman–Crippen MR) is 95.0 cm³/mol. The lowest BCUT2D eigenvalue weighted by Gasteiger charge is -2.39. The Hall–Kier alpha value is -1.47. The maximum Gasteiger partial charge on any atom is 0.410 e. The van der Waals surface area contributed by atoms with E-state index in [9.17, 15) is 22.8 Å². The molecule has 0 aromatic heterocycles. The van der Waals surface area contributed by atoms with E-state index >= 15 is 0 Å². The number of halogens is 3. The highest BCUT2D eigenvalue weighted by molar-refractivity contribution is 5.79. The summed E-state index contributed by atoms with van der Waals surface area (Å²) in [7, 11) is 0. The molecule has 0 aromatic carbocycles. The summed E-state index contributed by atoms with van der Waals surface area (Å²) in [5.74, 6) is -2.19. The predicted octanol–water partition coefficient (Wildman–Crippen LogP) is 4.12. The van der Waals surface area contributed by atoms with Gasteiger partial charge in [0.2, 0.25) is 5.91 Å². The molecule has 2 fully saturated rings. The Morgan fingerprint density at radius 2 is 1.78 bits per heavy atom. The van der Waals surface area contributed by atoms with Crippen molar-refractivity contribution in [3.63, 3.8) is 0 Å². The second kappa shape index (κ2) is 8.27. The number of hydrogen-bond donors (Lipinski definition) is 1. The van der Waals surface area contributed by atoms with Gasteiger partial charge in [0.15, 0.2) is 0 Å². The summed E-state index contributed by atoms with van der Waals surface area (Å²) in [6.45, 7) is 8.21. The number of amides is 2. The Morgan fingerprint density at radius 3 is 2.37 bits per heavy atom. The quantitative estimate of drug-likeness (QED) is 0.769. The Balaban J connectivity index is 1.94. The van der Waals surface area contributed by atoms with E-state index in [2.05, 4.69) is 5.32 Å². The Kier molecular flexibility index (Phi) is 6.68. The van der Waals surface area contributed by atoms with Crippen LogP contribution in [-0.2, 0) is 9.53 Å². The summed E-state index contributed by atoms with van der Waals surface area (Å²) in [4.78, 5) is 26.4. The zero-order valence-electron chi connectivity index (χ0n) is 16.6. The molecule has 0 aromatic rings. The SMILES string of the molecule is C[C@@H]1CCN(C(=O)OC(C)(C)C)C[C@@H]1NC(=O)[C@@H]1CCC[C@@H](C(F)(F)F)C1. The molecule has 8 heteroatoms. The number of piperidine rings is 1. The van der Waals surface area contributed by atoms with E-state index < -0.39 is 29.7 Å². The number of carbonyl (C=O) groups excluding carboxylic acids is 2. The molecule has 1 N–H and O–H groups in total. The minimum atomic E-state index is -4.25. The number of nitrogens with zero attached hydrogens (tertiary/aromatic N) is 1. The maximum absolute atomic E-state index is 13.0. The second-order valence-corrected chi connectivity index (χ2v) is 8.91. The largest absolute Gasteiger partial charge is 0.444 e. The van der Waals surface area contributed by atoms with Gasteiger partial charge in [0.05, 0.1) is 5.92 Å². The van der Waals surface area contributed by atoms with Crippen LogP contribution in [-0.4, -0.2) is 47.8 Å². The van der Waals surface area contributed by atoms with Crippen molar-refractivity contribution < 1.29 is 27.5 Å². The smallest absolute Gasteiger partial charge is 0.410 e. The summed E-state index contributed by atoms with van der Waals surface area (Å²) < 4.78 is 44.3. The first kappa shape index (κ1) is 21.8. The van der Waals surface area contributed by atoms with Crippen LogP contribution >= 0.6 is 0 Å². The van der Waals surface area contributed by atoms with E-state index in [0.717, 1.165) is 0 Å². The van der Waals surface area contributed by atoms with Gasteiger partial charge in [-0.2, -0.15) is 13.2 Å². The molecule has 1 heterocycles. The van der Waals surface area contributed by atoms with E-state index in [-0.39, 0.29) is 30.7 Å². The van der Waals surface area contributed by atoms with E-state index in [4.69, 9.17) is 4.74 Å². The second-order valence-electron chi connectivity index (χ2n) is 8.91. The van der Waals surface area contributed by atoms with Crippen LogP contribution in [0.25, 0.3) is 0 Å². The van der Waals surface area contributed by atoms with Crippen LogP contribution in [0, 0.1) is 17.8 Å². The summed E-state index contributed by atoms with van der Waals surface area (Å²) in [6, 6.07) is -0.273. The highest BCUT2D eigenvalue weighted by Gasteiger charge is 2.44. The summed E-state index contributed by atoms with van der Waals surface area (Å²) in [5.41, 5.74) is -0.604. The van der Waals surface area contributed by atoms with Crippen molar-refractivity contribution in [2.45, 2.75) is 77.6 Å². The van der Waals surface area contributed by atoms with Gasteiger partial charge in [0.25, 0.3) is 0 Å². The van der Waals surface area contributed by atoms with Crippen molar-refractivity contribution in [3.8, 4) is 0 Å². The van der Waals surface area contributed by atoms with Crippen molar-refractivity contribution in [2.24, 2.45) is 17.8 Å². The highest BCUT2D eigenvalue weighted by atomic mass is 19.4. The minimum Gasteiger partial charge on any atom is -0.444 e. The lowest BCUT2D eigenvalue weighted by molar-refractivity contribution is -0.186. The van der Waals surface area contributed by atoms with Crippen LogP contribution in [0.3, 0.4) is 0 Å². The van der Waals surface area contributed by atoms with Crippen LogP contribution in [0.2, 0.25) is 0 Å². The molecule has 1 saturated heterocycles. The Morgan fingerprint density at radius 1 is 1.11 bits per heavy atom. The molecule has 2 aliphatic rings. The summed E-state index contributed by atoms with van der Waals surface area (Å²) in [6.07, 6.45) is -3.12.